The van der Waals surface area contributed by atoms with Gasteiger partial charge in [0.1, 0.15) is 42.9 Å². The predicted molar refractivity (Wildman–Crippen MR) is 131 cm³/mol. The number of aromatic hydroxyl groups is 1. The average Bonchev–Trinajstić information content (AvgIpc) is 3.25. The normalized spacial score (nSPS) is 32.0. The van der Waals surface area contributed by atoms with Gasteiger partial charge in [-0.1, -0.05) is 6.07 Å². The Bertz CT molecular complexity index is 1140. The van der Waals surface area contributed by atoms with Crippen molar-refractivity contribution in [1.29, 1.82) is 0 Å². The molecule has 8 unspecified atom stereocenters. The Balaban J connectivity index is 1.34. The lowest BCUT2D eigenvalue weighted by Crippen LogP contribution is -2.60. The molecule has 2 heterocycles. The fourth-order valence-corrected chi connectivity index (χ4v) is 4.17. The van der Waals surface area contributed by atoms with Gasteiger partial charge in [0, 0.05) is 0 Å². The second-order valence-corrected chi connectivity index (χ2v) is 9.46. The van der Waals surface area contributed by atoms with Crippen molar-refractivity contribution in [2.24, 2.45) is 0 Å². The highest BCUT2D eigenvalue weighted by Crippen LogP contribution is 2.33. The molecule has 0 bridgehead atoms. The van der Waals surface area contributed by atoms with Gasteiger partial charge >= 0.3 is 5.97 Å². The van der Waals surface area contributed by atoms with Gasteiger partial charge in [-0.2, -0.15) is 0 Å². The molecule has 2 aromatic carbocycles. The highest BCUT2D eigenvalue weighted by molar-refractivity contribution is 5.89. The lowest BCUT2D eigenvalue weighted by Gasteiger charge is -2.40. The lowest BCUT2D eigenvalue weighted by molar-refractivity contribution is -0.289. The van der Waals surface area contributed by atoms with Crippen LogP contribution in [0.2, 0.25) is 0 Å². The number of phenols is 1. The van der Waals surface area contributed by atoms with Crippen LogP contribution in [-0.4, -0.2) is 117 Å². The summed E-state index contributed by atoms with van der Waals surface area (Å²) in [6.45, 7) is -1.79. The molecule has 2 aliphatic heterocycles. The van der Waals surface area contributed by atoms with Crippen molar-refractivity contribution in [3.05, 3.63) is 53.6 Å². The number of hydrogen-bond donors (Lipinski definition) is 7. The molecule has 0 saturated carbocycles. The van der Waals surface area contributed by atoms with E-state index in [2.05, 4.69) is 0 Å². The zero-order valence-corrected chi connectivity index (χ0v) is 21.4. The summed E-state index contributed by atoms with van der Waals surface area (Å²) >= 11 is 0. The number of aliphatic hydroxyl groups excluding tert-OH is 5. The number of ether oxygens (including phenoxy) is 6. The lowest BCUT2D eigenvalue weighted by atomic mass is 9.99. The molecule has 2 aliphatic rings. The Morgan fingerprint density at radius 3 is 2.40 bits per heavy atom. The van der Waals surface area contributed by atoms with E-state index in [1.807, 2.05) is 0 Å². The Morgan fingerprint density at radius 1 is 1.00 bits per heavy atom. The SMILES string of the molecule is COc1cc(CO)ccc1OC1OC(COC2OCC(O)(COC(=O)c3ccc(O)cc3)C2O)C(O)C(O)C1O. The second kappa shape index (κ2) is 12.6. The number of carbonyl (C=O) groups excluding carboxylic acids is 1. The molecule has 2 fully saturated rings. The van der Waals surface area contributed by atoms with Crippen LogP contribution in [0.4, 0.5) is 0 Å². The fraction of sp³-hybridized carbons (Fsp3) is 0.500. The van der Waals surface area contributed by atoms with Crippen LogP contribution in [0.1, 0.15) is 15.9 Å². The van der Waals surface area contributed by atoms with E-state index in [0.717, 1.165) is 0 Å². The maximum Gasteiger partial charge on any atom is 0.338 e. The molecule has 7 N–H and O–H groups in total. The molecule has 2 saturated heterocycles. The number of hydrogen-bond acceptors (Lipinski definition) is 14. The number of carbonyl (C=O) groups is 1. The van der Waals surface area contributed by atoms with E-state index in [-0.39, 0.29) is 29.4 Å². The number of rotatable bonds is 10. The van der Waals surface area contributed by atoms with Gasteiger partial charge in [-0.3, -0.25) is 0 Å². The highest BCUT2D eigenvalue weighted by atomic mass is 16.7. The van der Waals surface area contributed by atoms with E-state index in [4.69, 9.17) is 28.4 Å². The Hall–Kier alpha value is -3.05. The number of phenolic OH excluding ortho intramolecular Hbond substituents is 1. The Morgan fingerprint density at radius 2 is 1.73 bits per heavy atom. The van der Waals surface area contributed by atoms with Crippen LogP contribution in [0.5, 0.6) is 17.2 Å². The summed E-state index contributed by atoms with van der Waals surface area (Å²) in [7, 11) is 1.37. The topological polar surface area (TPSA) is 214 Å². The Labute approximate surface area is 228 Å². The maximum absolute atomic E-state index is 12.2. The van der Waals surface area contributed by atoms with E-state index in [0.29, 0.717) is 5.56 Å². The summed E-state index contributed by atoms with van der Waals surface area (Å²) in [4.78, 5) is 12.2. The molecule has 0 radical (unpaired) electrons. The van der Waals surface area contributed by atoms with Crippen LogP contribution in [0.3, 0.4) is 0 Å². The van der Waals surface area contributed by atoms with Crippen molar-refractivity contribution in [1.82, 2.24) is 0 Å². The summed E-state index contributed by atoms with van der Waals surface area (Å²) in [5, 5.41) is 71.2. The minimum atomic E-state index is -2.01. The van der Waals surface area contributed by atoms with Crippen molar-refractivity contribution >= 4 is 5.97 Å². The van der Waals surface area contributed by atoms with Crippen molar-refractivity contribution in [2.75, 3.05) is 26.9 Å². The zero-order valence-electron chi connectivity index (χ0n) is 21.4. The molecule has 14 heteroatoms. The molecule has 0 aliphatic carbocycles. The molecule has 2 aromatic rings. The summed E-state index contributed by atoms with van der Waals surface area (Å²) in [5.74, 6) is -0.486. The highest BCUT2D eigenvalue weighted by Gasteiger charge is 2.51. The maximum atomic E-state index is 12.2. The van der Waals surface area contributed by atoms with Gasteiger partial charge in [0.25, 0.3) is 0 Å². The van der Waals surface area contributed by atoms with E-state index in [1.165, 1.54) is 43.5 Å². The van der Waals surface area contributed by atoms with Crippen molar-refractivity contribution in [2.45, 2.75) is 55.3 Å². The molecule has 0 amide bonds. The summed E-state index contributed by atoms with van der Waals surface area (Å²) in [6.07, 6.45) is -10.8. The van der Waals surface area contributed by atoms with E-state index in [9.17, 15) is 40.5 Å². The van der Waals surface area contributed by atoms with Crippen LogP contribution >= 0.6 is 0 Å². The van der Waals surface area contributed by atoms with Crippen LogP contribution in [0.25, 0.3) is 0 Å². The minimum absolute atomic E-state index is 0.0433. The predicted octanol–water partition coefficient (Wildman–Crippen LogP) is -1.60. The first-order valence-electron chi connectivity index (χ1n) is 12.3. The first-order valence-corrected chi connectivity index (χ1v) is 12.3. The molecular formula is C26H32O14. The largest absolute Gasteiger partial charge is 0.508 e. The van der Waals surface area contributed by atoms with Crippen molar-refractivity contribution in [3.8, 4) is 17.2 Å². The number of benzene rings is 2. The first kappa shape index (κ1) is 29.9. The molecule has 14 nitrogen and oxygen atoms in total. The van der Waals surface area contributed by atoms with Gasteiger partial charge in [0.15, 0.2) is 23.4 Å². The van der Waals surface area contributed by atoms with Crippen molar-refractivity contribution in [3.63, 3.8) is 0 Å². The van der Waals surface area contributed by atoms with Gasteiger partial charge in [-0.05, 0) is 42.0 Å². The molecule has 40 heavy (non-hydrogen) atoms. The minimum Gasteiger partial charge on any atom is -0.508 e. The smallest absolute Gasteiger partial charge is 0.338 e. The van der Waals surface area contributed by atoms with Crippen LogP contribution in [-0.2, 0) is 25.6 Å². The molecular weight excluding hydrogens is 536 g/mol. The summed E-state index contributed by atoms with van der Waals surface area (Å²) in [6, 6.07) is 9.78. The van der Waals surface area contributed by atoms with Gasteiger partial charge in [0.05, 0.1) is 32.5 Å². The van der Waals surface area contributed by atoms with Crippen molar-refractivity contribution < 1.29 is 69.0 Å². The number of methoxy groups -OCH3 is 1. The van der Waals surface area contributed by atoms with Gasteiger partial charge < -0.3 is 64.2 Å². The van der Waals surface area contributed by atoms with E-state index < -0.39 is 74.5 Å². The molecule has 8 atom stereocenters. The monoisotopic (exact) mass is 568 g/mol. The fourth-order valence-electron chi connectivity index (χ4n) is 4.17. The summed E-state index contributed by atoms with van der Waals surface area (Å²) in [5.41, 5.74) is -1.35. The van der Waals surface area contributed by atoms with Crippen LogP contribution < -0.4 is 9.47 Å². The molecule has 0 aromatic heterocycles. The molecule has 4 rings (SSSR count). The quantitative estimate of drug-likeness (QED) is 0.161. The standard InChI is InChI=1S/C26H32O14/c1-35-17-8-13(9-27)2-7-16(17)39-24-21(31)20(30)19(29)18(40-24)10-36-25-22(32)26(34,12-38-25)11-37-23(33)14-3-5-15(28)6-4-14/h2-8,18-22,24-25,27-32,34H,9-12H2,1H3. The molecule has 0 spiro atoms. The van der Waals surface area contributed by atoms with Gasteiger partial charge in [0.2, 0.25) is 6.29 Å². The third-order valence-corrected chi connectivity index (χ3v) is 6.61. The third kappa shape index (κ3) is 6.46. The second-order valence-electron chi connectivity index (χ2n) is 9.46. The van der Waals surface area contributed by atoms with Gasteiger partial charge in [-0.15, -0.1) is 0 Å². The summed E-state index contributed by atoms with van der Waals surface area (Å²) < 4.78 is 32.4. The zero-order chi connectivity index (χ0) is 29.0. The van der Waals surface area contributed by atoms with E-state index in [1.54, 1.807) is 6.07 Å². The number of aliphatic hydroxyl groups is 6. The first-order chi connectivity index (χ1) is 19.1. The average molecular weight is 569 g/mol. The van der Waals surface area contributed by atoms with Crippen LogP contribution in [0.15, 0.2) is 42.5 Å². The van der Waals surface area contributed by atoms with Gasteiger partial charge in [-0.25, -0.2) is 4.79 Å². The third-order valence-electron chi connectivity index (χ3n) is 6.61. The molecule has 220 valence electrons. The van der Waals surface area contributed by atoms with E-state index >= 15 is 0 Å². The number of esters is 1. The Kier molecular flexibility index (Phi) is 9.45. The van der Waals surface area contributed by atoms with Crippen LogP contribution in [0, 0.1) is 0 Å².